The van der Waals surface area contributed by atoms with Crippen LogP contribution in [0.4, 0.5) is 0 Å². The summed E-state index contributed by atoms with van der Waals surface area (Å²) in [6.07, 6.45) is 6.66. The Morgan fingerprint density at radius 2 is 2.20 bits per heavy atom. The molecule has 0 radical (unpaired) electrons. The van der Waals surface area contributed by atoms with Crippen LogP contribution in [0, 0.1) is 0 Å². The standard InChI is InChI=1S/C11H24N2OS/c1-2-7-14-8-10(13-12)9-15-11-5-3-4-6-11/h10-11,13H,2-9,12H2,1H3. The summed E-state index contributed by atoms with van der Waals surface area (Å²) < 4.78 is 5.50. The zero-order valence-electron chi connectivity index (χ0n) is 9.71. The fourth-order valence-corrected chi connectivity index (χ4v) is 3.19. The molecule has 1 fully saturated rings. The van der Waals surface area contributed by atoms with Gasteiger partial charge in [0.05, 0.1) is 12.6 Å². The zero-order valence-corrected chi connectivity index (χ0v) is 10.5. The monoisotopic (exact) mass is 232 g/mol. The van der Waals surface area contributed by atoms with E-state index in [0.717, 1.165) is 30.6 Å². The molecule has 0 aromatic carbocycles. The van der Waals surface area contributed by atoms with E-state index in [1.54, 1.807) is 0 Å². The minimum absolute atomic E-state index is 0.308. The van der Waals surface area contributed by atoms with Gasteiger partial charge in [-0.15, -0.1) is 0 Å². The topological polar surface area (TPSA) is 47.3 Å². The molecule has 1 aliphatic rings. The first-order chi connectivity index (χ1) is 7.36. The summed E-state index contributed by atoms with van der Waals surface area (Å²) in [5, 5.41) is 0.868. The van der Waals surface area contributed by atoms with E-state index in [2.05, 4.69) is 24.1 Å². The van der Waals surface area contributed by atoms with Crippen molar-refractivity contribution in [2.45, 2.75) is 50.3 Å². The highest BCUT2D eigenvalue weighted by atomic mass is 32.2. The SMILES string of the molecule is CCCOCC(CSC1CCCC1)NN. The summed E-state index contributed by atoms with van der Waals surface area (Å²) in [6, 6.07) is 0.308. The minimum Gasteiger partial charge on any atom is -0.380 e. The molecule has 0 amide bonds. The highest BCUT2D eigenvalue weighted by Crippen LogP contribution is 2.29. The maximum atomic E-state index is 5.50. The molecule has 90 valence electrons. The number of rotatable bonds is 8. The van der Waals surface area contributed by atoms with Gasteiger partial charge in [0, 0.05) is 17.6 Å². The maximum absolute atomic E-state index is 5.50. The normalized spacial score (nSPS) is 19.6. The highest BCUT2D eigenvalue weighted by Gasteiger charge is 2.17. The third-order valence-electron chi connectivity index (χ3n) is 2.74. The van der Waals surface area contributed by atoms with Gasteiger partial charge in [-0.3, -0.25) is 11.3 Å². The quantitative estimate of drug-likeness (QED) is 0.381. The molecule has 1 atom stereocenters. The Bertz CT molecular complexity index is 152. The van der Waals surface area contributed by atoms with E-state index in [4.69, 9.17) is 10.6 Å². The van der Waals surface area contributed by atoms with E-state index in [1.807, 2.05) is 0 Å². The number of ether oxygens (including phenoxy) is 1. The number of hydrogen-bond acceptors (Lipinski definition) is 4. The lowest BCUT2D eigenvalue weighted by Gasteiger charge is -2.17. The van der Waals surface area contributed by atoms with E-state index < -0.39 is 0 Å². The average molecular weight is 232 g/mol. The number of thioether (sulfide) groups is 1. The van der Waals surface area contributed by atoms with Crippen molar-refractivity contribution in [3.05, 3.63) is 0 Å². The fourth-order valence-electron chi connectivity index (χ4n) is 1.82. The van der Waals surface area contributed by atoms with Gasteiger partial charge in [-0.2, -0.15) is 11.8 Å². The van der Waals surface area contributed by atoms with Gasteiger partial charge in [-0.05, 0) is 19.3 Å². The van der Waals surface area contributed by atoms with Crippen molar-refractivity contribution in [2.75, 3.05) is 19.0 Å². The molecule has 0 aromatic rings. The summed E-state index contributed by atoms with van der Waals surface area (Å²) in [4.78, 5) is 0. The molecular weight excluding hydrogens is 208 g/mol. The van der Waals surface area contributed by atoms with E-state index >= 15 is 0 Å². The molecule has 0 aromatic heterocycles. The van der Waals surface area contributed by atoms with Gasteiger partial charge in [0.1, 0.15) is 0 Å². The van der Waals surface area contributed by atoms with E-state index in [1.165, 1.54) is 25.7 Å². The molecule has 1 unspecified atom stereocenters. The Labute approximate surface area is 97.5 Å². The second-order valence-corrected chi connectivity index (χ2v) is 5.51. The lowest BCUT2D eigenvalue weighted by atomic mass is 10.4. The van der Waals surface area contributed by atoms with Crippen LogP contribution in [0.2, 0.25) is 0 Å². The Kier molecular flexibility index (Phi) is 7.44. The van der Waals surface area contributed by atoms with Crippen LogP contribution in [-0.4, -0.2) is 30.3 Å². The van der Waals surface area contributed by atoms with Gasteiger partial charge in [0.25, 0.3) is 0 Å². The van der Waals surface area contributed by atoms with E-state index in [0.29, 0.717) is 6.04 Å². The third-order valence-corrected chi connectivity index (χ3v) is 4.28. The van der Waals surface area contributed by atoms with Crippen LogP contribution in [0.25, 0.3) is 0 Å². The van der Waals surface area contributed by atoms with Gasteiger partial charge in [-0.1, -0.05) is 19.8 Å². The van der Waals surface area contributed by atoms with Crippen molar-refractivity contribution < 1.29 is 4.74 Å². The zero-order chi connectivity index (χ0) is 10.9. The van der Waals surface area contributed by atoms with Gasteiger partial charge in [0.2, 0.25) is 0 Å². The first-order valence-electron chi connectivity index (χ1n) is 6.02. The number of hydrogen-bond donors (Lipinski definition) is 2. The second kappa shape index (κ2) is 8.39. The van der Waals surface area contributed by atoms with Crippen molar-refractivity contribution in [1.82, 2.24) is 5.43 Å². The Hall–Kier alpha value is 0.230. The van der Waals surface area contributed by atoms with Crippen molar-refractivity contribution >= 4 is 11.8 Å². The van der Waals surface area contributed by atoms with Gasteiger partial charge in [0.15, 0.2) is 0 Å². The number of nitrogens with one attached hydrogen (secondary N) is 1. The predicted molar refractivity (Wildman–Crippen MR) is 66.9 cm³/mol. The molecule has 0 spiro atoms. The molecule has 3 N–H and O–H groups in total. The van der Waals surface area contributed by atoms with Crippen molar-refractivity contribution in [3.8, 4) is 0 Å². The van der Waals surface area contributed by atoms with Gasteiger partial charge < -0.3 is 4.74 Å². The molecule has 0 heterocycles. The summed E-state index contributed by atoms with van der Waals surface area (Å²) in [5.41, 5.74) is 2.84. The Balaban J connectivity index is 2.04. The molecular formula is C11H24N2OS. The molecule has 15 heavy (non-hydrogen) atoms. The summed E-state index contributed by atoms with van der Waals surface area (Å²) in [6.45, 7) is 3.70. The lowest BCUT2D eigenvalue weighted by molar-refractivity contribution is 0.117. The van der Waals surface area contributed by atoms with Gasteiger partial charge >= 0.3 is 0 Å². The Morgan fingerprint density at radius 3 is 2.80 bits per heavy atom. The molecule has 4 heteroatoms. The van der Waals surface area contributed by atoms with Crippen molar-refractivity contribution in [1.29, 1.82) is 0 Å². The van der Waals surface area contributed by atoms with E-state index in [-0.39, 0.29) is 0 Å². The van der Waals surface area contributed by atoms with Crippen LogP contribution < -0.4 is 11.3 Å². The predicted octanol–water partition coefficient (Wildman–Crippen LogP) is 1.92. The fraction of sp³-hybridized carbons (Fsp3) is 1.00. The largest absolute Gasteiger partial charge is 0.380 e. The van der Waals surface area contributed by atoms with Crippen LogP contribution in [-0.2, 0) is 4.74 Å². The minimum atomic E-state index is 0.308. The molecule has 1 rings (SSSR count). The third kappa shape index (κ3) is 5.76. The molecule has 0 bridgehead atoms. The molecule has 3 nitrogen and oxygen atoms in total. The Morgan fingerprint density at radius 1 is 1.47 bits per heavy atom. The van der Waals surface area contributed by atoms with Crippen LogP contribution in [0.5, 0.6) is 0 Å². The molecule has 1 aliphatic carbocycles. The smallest absolute Gasteiger partial charge is 0.0641 e. The molecule has 0 aliphatic heterocycles. The molecule has 1 saturated carbocycles. The van der Waals surface area contributed by atoms with E-state index in [9.17, 15) is 0 Å². The average Bonchev–Trinajstić information content (AvgIpc) is 2.76. The van der Waals surface area contributed by atoms with Crippen LogP contribution in [0.15, 0.2) is 0 Å². The van der Waals surface area contributed by atoms with Crippen molar-refractivity contribution in [3.63, 3.8) is 0 Å². The summed E-state index contributed by atoms with van der Waals surface area (Å²) in [5.74, 6) is 6.57. The van der Waals surface area contributed by atoms with Crippen LogP contribution >= 0.6 is 11.8 Å². The highest BCUT2D eigenvalue weighted by molar-refractivity contribution is 7.99. The van der Waals surface area contributed by atoms with Crippen LogP contribution in [0.1, 0.15) is 39.0 Å². The van der Waals surface area contributed by atoms with Gasteiger partial charge in [-0.25, -0.2) is 0 Å². The second-order valence-electron chi connectivity index (χ2n) is 4.18. The van der Waals surface area contributed by atoms with Crippen LogP contribution in [0.3, 0.4) is 0 Å². The maximum Gasteiger partial charge on any atom is 0.0641 e. The number of hydrazine groups is 1. The molecule has 0 saturated heterocycles. The first kappa shape index (κ1) is 13.3. The number of nitrogens with two attached hydrogens (primary N) is 1. The summed E-state index contributed by atoms with van der Waals surface area (Å²) in [7, 11) is 0. The first-order valence-corrected chi connectivity index (χ1v) is 7.07. The van der Waals surface area contributed by atoms with Crippen molar-refractivity contribution in [2.24, 2.45) is 5.84 Å². The summed E-state index contributed by atoms with van der Waals surface area (Å²) >= 11 is 2.05. The lowest BCUT2D eigenvalue weighted by Crippen LogP contribution is -2.41.